The van der Waals surface area contributed by atoms with Gasteiger partial charge in [0.2, 0.25) is 0 Å². The molecule has 0 aromatic heterocycles. The van der Waals surface area contributed by atoms with E-state index in [1.54, 1.807) is 11.1 Å². The van der Waals surface area contributed by atoms with E-state index in [0.29, 0.717) is 5.78 Å². The van der Waals surface area contributed by atoms with E-state index in [9.17, 15) is 4.79 Å². The molecule has 0 aromatic carbocycles. The molecule has 3 rings (SSSR count). The van der Waals surface area contributed by atoms with Crippen molar-refractivity contribution < 1.29 is 4.79 Å². The Labute approximate surface area is 142 Å². The van der Waals surface area contributed by atoms with E-state index in [4.69, 9.17) is 0 Å². The number of Topliss-reactive ketones (excluding diaryl/α,β-unsaturated/α-hetero) is 1. The summed E-state index contributed by atoms with van der Waals surface area (Å²) in [5, 5.41) is 0. The van der Waals surface area contributed by atoms with Crippen LogP contribution in [-0.4, -0.2) is 5.78 Å². The van der Waals surface area contributed by atoms with Gasteiger partial charge < -0.3 is 0 Å². The fraction of sp³-hybridized carbons (Fsp3) is 0.773. The zero-order valence-corrected chi connectivity index (χ0v) is 15.3. The molecular weight excluding hydrogens is 280 g/mol. The molecule has 0 aromatic rings. The van der Waals surface area contributed by atoms with Crippen LogP contribution in [0.2, 0.25) is 0 Å². The van der Waals surface area contributed by atoms with E-state index in [1.807, 2.05) is 0 Å². The zero-order chi connectivity index (χ0) is 16.3. The lowest BCUT2D eigenvalue weighted by atomic mass is 9.61. The Morgan fingerprint density at radius 1 is 1.04 bits per heavy atom. The Morgan fingerprint density at radius 2 is 1.87 bits per heavy atom. The topological polar surface area (TPSA) is 17.1 Å². The number of carbonyl (C=O) groups is 1. The molecule has 128 valence electrons. The van der Waals surface area contributed by atoms with Crippen LogP contribution in [0, 0.1) is 10.8 Å². The lowest BCUT2D eigenvalue weighted by molar-refractivity contribution is -0.126. The number of carbonyl (C=O) groups excluding carboxylic acids is 1. The molecule has 1 nitrogen and oxygen atoms in total. The average molecular weight is 315 g/mol. The van der Waals surface area contributed by atoms with Gasteiger partial charge in [-0.2, -0.15) is 0 Å². The van der Waals surface area contributed by atoms with Crippen molar-refractivity contribution in [1.82, 2.24) is 0 Å². The maximum absolute atomic E-state index is 13.0. The second-order valence-corrected chi connectivity index (χ2v) is 8.39. The van der Waals surface area contributed by atoms with E-state index in [2.05, 4.69) is 26.0 Å². The monoisotopic (exact) mass is 314 g/mol. The van der Waals surface area contributed by atoms with Gasteiger partial charge in [-0.3, -0.25) is 4.79 Å². The van der Waals surface area contributed by atoms with Crippen molar-refractivity contribution in [3.63, 3.8) is 0 Å². The van der Waals surface area contributed by atoms with E-state index >= 15 is 0 Å². The number of rotatable bonds is 8. The Morgan fingerprint density at radius 3 is 2.65 bits per heavy atom. The fourth-order valence-electron chi connectivity index (χ4n) is 5.52. The second-order valence-electron chi connectivity index (χ2n) is 8.39. The third-order valence-electron chi connectivity index (χ3n) is 6.69. The molecule has 0 amide bonds. The molecule has 0 unspecified atom stereocenters. The number of unbranched alkanes of at least 4 members (excludes halogenated alkanes) is 4. The summed E-state index contributed by atoms with van der Waals surface area (Å²) >= 11 is 0. The molecule has 1 fully saturated rings. The summed E-state index contributed by atoms with van der Waals surface area (Å²) in [6.07, 6.45) is 20.4. The first kappa shape index (κ1) is 17.0. The second kappa shape index (κ2) is 6.95. The standard InChI is InChI=1S/C22H34O/c1-3-5-7-8-11-18-15-22(13-6-4-2)17-21(16-20(22)23)14-10-9-12-19(18)21/h9,12H,3-8,10-11,13-17H2,1-2H3/t21-,22-/m1/s1. The van der Waals surface area contributed by atoms with Gasteiger partial charge in [-0.05, 0) is 50.5 Å². The largest absolute Gasteiger partial charge is 0.299 e. The van der Waals surface area contributed by atoms with Crippen LogP contribution in [-0.2, 0) is 4.79 Å². The van der Waals surface area contributed by atoms with E-state index in [0.717, 1.165) is 25.7 Å². The molecule has 0 saturated heterocycles. The number of fused-ring (bicyclic) bond motifs is 1. The number of ketones is 1. The summed E-state index contributed by atoms with van der Waals surface area (Å²) in [6.45, 7) is 4.53. The van der Waals surface area contributed by atoms with Crippen molar-refractivity contribution in [1.29, 1.82) is 0 Å². The molecule has 3 aliphatic carbocycles. The average Bonchev–Trinajstić information content (AvgIpc) is 2.77. The van der Waals surface area contributed by atoms with Crippen molar-refractivity contribution in [3.05, 3.63) is 23.3 Å². The lowest BCUT2D eigenvalue weighted by Gasteiger charge is -2.43. The highest BCUT2D eigenvalue weighted by Crippen LogP contribution is 2.64. The van der Waals surface area contributed by atoms with Crippen LogP contribution in [0.5, 0.6) is 0 Å². The maximum Gasteiger partial charge on any atom is 0.140 e. The summed E-state index contributed by atoms with van der Waals surface area (Å²) in [5.74, 6) is 0.599. The quantitative estimate of drug-likeness (QED) is 0.465. The van der Waals surface area contributed by atoms with Crippen LogP contribution >= 0.6 is 0 Å². The number of hydrogen-bond donors (Lipinski definition) is 0. The van der Waals surface area contributed by atoms with E-state index in [1.165, 1.54) is 57.8 Å². The van der Waals surface area contributed by atoms with Crippen molar-refractivity contribution in [3.8, 4) is 0 Å². The highest BCUT2D eigenvalue weighted by molar-refractivity contribution is 5.90. The van der Waals surface area contributed by atoms with Gasteiger partial charge in [0.05, 0.1) is 0 Å². The molecule has 1 saturated carbocycles. The third-order valence-corrected chi connectivity index (χ3v) is 6.69. The summed E-state index contributed by atoms with van der Waals surface area (Å²) < 4.78 is 0. The first-order valence-electron chi connectivity index (χ1n) is 10.1. The number of hydrogen-bond acceptors (Lipinski definition) is 1. The highest BCUT2D eigenvalue weighted by Gasteiger charge is 2.58. The molecule has 0 radical (unpaired) electrons. The van der Waals surface area contributed by atoms with Crippen molar-refractivity contribution in [2.45, 2.75) is 97.3 Å². The highest BCUT2D eigenvalue weighted by atomic mass is 16.1. The Bertz CT molecular complexity index is 512. The van der Waals surface area contributed by atoms with Gasteiger partial charge in [-0.1, -0.05) is 63.7 Å². The molecular formula is C22H34O. The normalized spacial score (nSPS) is 32.5. The van der Waals surface area contributed by atoms with Crippen molar-refractivity contribution in [2.24, 2.45) is 10.8 Å². The Hall–Kier alpha value is -0.850. The van der Waals surface area contributed by atoms with Gasteiger partial charge in [0.25, 0.3) is 0 Å². The van der Waals surface area contributed by atoms with Crippen LogP contribution in [0.4, 0.5) is 0 Å². The van der Waals surface area contributed by atoms with Gasteiger partial charge in [-0.25, -0.2) is 0 Å². The molecule has 23 heavy (non-hydrogen) atoms. The summed E-state index contributed by atoms with van der Waals surface area (Å²) in [5.41, 5.74) is 3.51. The van der Waals surface area contributed by atoms with Crippen LogP contribution in [0.3, 0.4) is 0 Å². The predicted molar refractivity (Wildman–Crippen MR) is 97.4 cm³/mol. The minimum Gasteiger partial charge on any atom is -0.299 e. The van der Waals surface area contributed by atoms with Crippen LogP contribution in [0.25, 0.3) is 0 Å². The van der Waals surface area contributed by atoms with E-state index < -0.39 is 0 Å². The van der Waals surface area contributed by atoms with Gasteiger partial charge in [0, 0.05) is 17.3 Å². The maximum atomic E-state index is 13.0. The number of allylic oxidation sites excluding steroid dienone is 4. The Kier molecular flexibility index (Phi) is 5.13. The van der Waals surface area contributed by atoms with Crippen LogP contribution in [0.1, 0.15) is 97.3 Å². The smallest absolute Gasteiger partial charge is 0.140 e. The molecule has 0 N–H and O–H groups in total. The van der Waals surface area contributed by atoms with Crippen molar-refractivity contribution in [2.75, 3.05) is 0 Å². The minimum absolute atomic E-state index is 0.0186. The summed E-state index contributed by atoms with van der Waals surface area (Å²) in [4.78, 5) is 13.0. The lowest BCUT2D eigenvalue weighted by Crippen LogP contribution is -2.33. The molecule has 2 atom stereocenters. The fourth-order valence-corrected chi connectivity index (χ4v) is 5.52. The summed E-state index contributed by atoms with van der Waals surface area (Å²) in [6, 6.07) is 0. The summed E-state index contributed by atoms with van der Waals surface area (Å²) in [7, 11) is 0. The van der Waals surface area contributed by atoms with E-state index in [-0.39, 0.29) is 10.8 Å². The van der Waals surface area contributed by atoms with Gasteiger partial charge in [-0.15, -0.1) is 0 Å². The van der Waals surface area contributed by atoms with Crippen LogP contribution < -0.4 is 0 Å². The SMILES string of the molecule is CCCCCCC1=C2C=CCC[C@]23CC(=O)[C@](CCCC)(C1)C3. The molecule has 0 aliphatic heterocycles. The molecule has 3 aliphatic rings. The first-order chi connectivity index (χ1) is 11.2. The Balaban J connectivity index is 1.85. The van der Waals surface area contributed by atoms with Crippen LogP contribution in [0.15, 0.2) is 23.3 Å². The van der Waals surface area contributed by atoms with Gasteiger partial charge >= 0.3 is 0 Å². The molecule has 2 bridgehead atoms. The third kappa shape index (κ3) is 3.08. The zero-order valence-electron chi connectivity index (χ0n) is 15.3. The molecule has 1 heteroatoms. The first-order valence-corrected chi connectivity index (χ1v) is 10.1. The predicted octanol–water partition coefficient (Wildman–Crippen LogP) is 6.53. The minimum atomic E-state index is 0.0186. The van der Waals surface area contributed by atoms with Gasteiger partial charge in [0.15, 0.2) is 0 Å². The van der Waals surface area contributed by atoms with Crippen molar-refractivity contribution >= 4 is 5.78 Å². The molecule has 1 spiro atoms. The van der Waals surface area contributed by atoms with Gasteiger partial charge in [0.1, 0.15) is 5.78 Å². The molecule has 0 heterocycles.